The van der Waals surface area contributed by atoms with Gasteiger partial charge in [-0.25, -0.2) is 0 Å². The average molecular weight is 267 g/mol. The molecule has 1 saturated heterocycles. The summed E-state index contributed by atoms with van der Waals surface area (Å²) in [5.41, 5.74) is 6.06. The Bertz CT molecular complexity index is 237. The van der Waals surface area contributed by atoms with Crippen molar-refractivity contribution in [1.29, 1.82) is 0 Å². The van der Waals surface area contributed by atoms with Crippen molar-refractivity contribution in [1.82, 2.24) is 9.80 Å². The van der Waals surface area contributed by atoms with Gasteiger partial charge in [0.05, 0.1) is 6.54 Å². The molecule has 0 spiro atoms. The number of nitrogens with two attached hydrogens (primary N) is 1. The van der Waals surface area contributed by atoms with Gasteiger partial charge in [0.1, 0.15) is 0 Å². The lowest BCUT2D eigenvalue weighted by molar-refractivity contribution is -0.149. The quantitative estimate of drug-likeness (QED) is 0.820. The molecule has 0 radical (unpaired) electrons. The first-order valence-electron chi connectivity index (χ1n) is 6.59. The van der Waals surface area contributed by atoms with Gasteiger partial charge >= 0.3 is 6.18 Å². The third-order valence-corrected chi connectivity index (χ3v) is 3.71. The minimum absolute atomic E-state index is 0.115. The molecule has 2 unspecified atom stereocenters. The van der Waals surface area contributed by atoms with Crippen molar-refractivity contribution in [3.63, 3.8) is 0 Å². The summed E-state index contributed by atoms with van der Waals surface area (Å²) in [5.74, 6) is 0.457. The minimum Gasteiger partial charge on any atom is -0.326 e. The molecule has 2 N–H and O–H groups in total. The molecule has 0 aliphatic carbocycles. The molecule has 1 aliphatic rings. The summed E-state index contributed by atoms with van der Waals surface area (Å²) in [4.78, 5) is 3.63. The van der Waals surface area contributed by atoms with E-state index in [4.69, 9.17) is 5.73 Å². The van der Waals surface area contributed by atoms with Gasteiger partial charge in [0.25, 0.3) is 0 Å². The zero-order valence-corrected chi connectivity index (χ0v) is 11.2. The smallest absolute Gasteiger partial charge is 0.326 e. The molecule has 6 heteroatoms. The van der Waals surface area contributed by atoms with Crippen LogP contribution in [0.2, 0.25) is 0 Å². The molecule has 1 rings (SSSR count). The summed E-state index contributed by atoms with van der Waals surface area (Å²) in [6.07, 6.45) is -3.05. The van der Waals surface area contributed by atoms with Crippen molar-refractivity contribution < 1.29 is 13.2 Å². The molecule has 0 saturated carbocycles. The van der Waals surface area contributed by atoms with Gasteiger partial charge in [-0.1, -0.05) is 20.3 Å². The summed E-state index contributed by atoms with van der Waals surface area (Å²) in [5, 5.41) is 0. The topological polar surface area (TPSA) is 32.5 Å². The predicted octanol–water partition coefficient (Wildman–Crippen LogP) is 1.54. The van der Waals surface area contributed by atoms with E-state index in [-0.39, 0.29) is 6.04 Å². The molecule has 0 bridgehead atoms. The molecule has 1 fully saturated rings. The molecule has 108 valence electrons. The van der Waals surface area contributed by atoms with Gasteiger partial charge in [-0.3, -0.25) is 9.80 Å². The van der Waals surface area contributed by atoms with Crippen LogP contribution in [0, 0.1) is 5.92 Å². The molecular formula is C12H24F3N3. The van der Waals surface area contributed by atoms with Crippen LogP contribution >= 0.6 is 0 Å². The lowest BCUT2D eigenvalue weighted by Crippen LogP contribution is -2.52. The van der Waals surface area contributed by atoms with Crippen molar-refractivity contribution in [3.8, 4) is 0 Å². The third-order valence-electron chi connectivity index (χ3n) is 3.71. The molecular weight excluding hydrogens is 243 g/mol. The van der Waals surface area contributed by atoms with Crippen molar-refractivity contribution in [2.45, 2.75) is 32.5 Å². The van der Waals surface area contributed by atoms with Crippen LogP contribution in [0.4, 0.5) is 13.2 Å². The monoisotopic (exact) mass is 267 g/mol. The van der Waals surface area contributed by atoms with Crippen LogP contribution in [0.3, 0.4) is 0 Å². The van der Waals surface area contributed by atoms with Crippen LogP contribution in [0.25, 0.3) is 0 Å². The van der Waals surface area contributed by atoms with Crippen LogP contribution in [0.5, 0.6) is 0 Å². The molecule has 1 heterocycles. The number of alkyl halides is 3. The van der Waals surface area contributed by atoms with E-state index in [9.17, 15) is 13.2 Å². The Morgan fingerprint density at radius 3 is 2.06 bits per heavy atom. The SMILES string of the molecule is CCC(C)C(N)CN1CCN(CC(F)(F)F)CC1. The first-order valence-corrected chi connectivity index (χ1v) is 6.59. The Balaban J connectivity index is 2.27. The van der Waals surface area contributed by atoms with E-state index >= 15 is 0 Å². The molecule has 2 atom stereocenters. The van der Waals surface area contributed by atoms with E-state index in [1.807, 2.05) is 0 Å². The number of halogens is 3. The maximum absolute atomic E-state index is 12.2. The fraction of sp³-hybridized carbons (Fsp3) is 1.00. The highest BCUT2D eigenvalue weighted by atomic mass is 19.4. The Labute approximate surface area is 107 Å². The zero-order chi connectivity index (χ0) is 13.8. The second-order valence-corrected chi connectivity index (χ2v) is 5.24. The highest BCUT2D eigenvalue weighted by Gasteiger charge is 2.32. The first kappa shape index (κ1) is 15.7. The number of nitrogens with zero attached hydrogens (tertiary/aromatic N) is 2. The number of rotatable bonds is 5. The number of hydrogen-bond acceptors (Lipinski definition) is 3. The fourth-order valence-corrected chi connectivity index (χ4v) is 2.16. The predicted molar refractivity (Wildman–Crippen MR) is 66.4 cm³/mol. The summed E-state index contributed by atoms with van der Waals surface area (Å²) in [6, 6.07) is 0.115. The van der Waals surface area contributed by atoms with Crippen LogP contribution in [0.15, 0.2) is 0 Å². The molecule has 0 aromatic carbocycles. The van der Waals surface area contributed by atoms with Crippen LogP contribution in [-0.2, 0) is 0 Å². The Kier molecular flexibility index (Phi) is 5.88. The fourth-order valence-electron chi connectivity index (χ4n) is 2.16. The molecule has 0 amide bonds. The van der Waals surface area contributed by atoms with E-state index in [2.05, 4.69) is 18.7 Å². The first-order chi connectivity index (χ1) is 8.31. The molecule has 3 nitrogen and oxygen atoms in total. The minimum atomic E-state index is -4.09. The van der Waals surface area contributed by atoms with Crippen LogP contribution in [-0.4, -0.2) is 61.3 Å². The van der Waals surface area contributed by atoms with Gasteiger partial charge in [0, 0.05) is 38.8 Å². The lowest BCUT2D eigenvalue weighted by Gasteiger charge is -2.36. The van der Waals surface area contributed by atoms with E-state index in [1.54, 1.807) is 0 Å². The van der Waals surface area contributed by atoms with Crippen molar-refractivity contribution >= 4 is 0 Å². The van der Waals surface area contributed by atoms with Gasteiger partial charge in [0.2, 0.25) is 0 Å². The van der Waals surface area contributed by atoms with Gasteiger partial charge in [0.15, 0.2) is 0 Å². The Morgan fingerprint density at radius 2 is 1.61 bits per heavy atom. The number of hydrogen-bond donors (Lipinski definition) is 1. The lowest BCUT2D eigenvalue weighted by atomic mass is 9.99. The Hall–Kier alpha value is -0.330. The van der Waals surface area contributed by atoms with Crippen LogP contribution < -0.4 is 5.73 Å². The van der Waals surface area contributed by atoms with E-state index in [0.717, 1.165) is 13.0 Å². The maximum Gasteiger partial charge on any atom is 0.401 e. The summed E-state index contributed by atoms with van der Waals surface area (Å²) >= 11 is 0. The second-order valence-electron chi connectivity index (χ2n) is 5.24. The van der Waals surface area contributed by atoms with Crippen molar-refractivity contribution in [3.05, 3.63) is 0 Å². The summed E-state index contributed by atoms with van der Waals surface area (Å²) in [7, 11) is 0. The van der Waals surface area contributed by atoms with Crippen LogP contribution in [0.1, 0.15) is 20.3 Å². The standard InChI is InChI=1S/C12H24F3N3/c1-3-10(2)11(16)8-17-4-6-18(7-5-17)9-12(13,14)15/h10-11H,3-9,16H2,1-2H3. The summed E-state index contributed by atoms with van der Waals surface area (Å²) in [6.45, 7) is 6.53. The van der Waals surface area contributed by atoms with E-state index in [1.165, 1.54) is 4.90 Å². The largest absolute Gasteiger partial charge is 0.401 e. The maximum atomic E-state index is 12.2. The average Bonchev–Trinajstić information content (AvgIpc) is 2.28. The van der Waals surface area contributed by atoms with E-state index in [0.29, 0.717) is 32.1 Å². The van der Waals surface area contributed by atoms with Gasteiger partial charge in [-0.05, 0) is 5.92 Å². The van der Waals surface area contributed by atoms with Gasteiger partial charge in [-0.2, -0.15) is 13.2 Å². The molecule has 0 aromatic heterocycles. The van der Waals surface area contributed by atoms with E-state index < -0.39 is 12.7 Å². The third kappa shape index (κ3) is 5.54. The second kappa shape index (κ2) is 6.73. The highest BCUT2D eigenvalue weighted by Crippen LogP contribution is 2.17. The number of piperazine rings is 1. The molecule has 1 aliphatic heterocycles. The summed E-state index contributed by atoms with van der Waals surface area (Å²) < 4.78 is 36.7. The van der Waals surface area contributed by atoms with Gasteiger partial charge in [-0.15, -0.1) is 0 Å². The van der Waals surface area contributed by atoms with Crippen molar-refractivity contribution in [2.24, 2.45) is 11.7 Å². The molecule has 18 heavy (non-hydrogen) atoms. The zero-order valence-electron chi connectivity index (χ0n) is 11.2. The highest BCUT2D eigenvalue weighted by molar-refractivity contribution is 4.78. The van der Waals surface area contributed by atoms with Gasteiger partial charge < -0.3 is 5.73 Å². The normalized spacial score (nSPS) is 23.0. The van der Waals surface area contributed by atoms with Crippen molar-refractivity contribution in [2.75, 3.05) is 39.3 Å². The Morgan fingerprint density at radius 1 is 1.11 bits per heavy atom. The molecule has 0 aromatic rings.